The van der Waals surface area contributed by atoms with E-state index in [0.29, 0.717) is 6.42 Å². The number of hydrogen-bond donors (Lipinski definition) is 3. The van der Waals surface area contributed by atoms with Gasteiger partial charge in [0.2, 0.25) is 0 Å². The molecule has 0 spiro atoms. The molecule has 0 saturated carbocycles. The molecule has 0 saturated heterocycles. The van der Waals surface area contributed by atoms with Gasteiger partial charge in [0.1, 0.15) is 0 Å². The Kier molecular flexibility index (Phi) is 4.05. The lowest BCUT2D eigenvalue weighted by molar-refractivity contribution is -0.138. The smallest absolute Gasteiger partial charge is 0.416 e. The molecule has 0 aliphatic heterocycles. The van der Waals surface area contributed by atoms with Crippen LogP contribution in [0.15, 0.2) is 12.1 Å². The molecular weight excluding hydrogens is 249 g/mol. The first-order valence-corrected chi connectivity index (χ1v) is 5.25. The van der Waals surface area contributed by atoms with Crippen molar-refractivity contribution in [2.75, 3.05) is 11.1 Å². The van der Waals surface area contributed by atoms with Gasteiger partial charge in [-0.25, -0.2) is 4.79 Å². The van der Waals surface area contributed by atoms with E-state index < -0.39 is 17.8 Å². The maximum absolute atomic E-state index is 12.8. The average Bonchev–Trinajstić information content (AvgIpc) is 2.20. The molecule has 7 heteroatoms. The van der Waals surface area contributed by atoms with E-state index in [4.69, 9.17) is 10.8 Å². The molecule has 0 aliphatic carbocycles. The first kappa shape index (κ1) is 14.1. The van der Waals surface area contributed by atoms with Crippen LogP contribution in [0.3, 0.4) is 0 Å². The Balaban J connectivity index is 3.29. The van der Waals surface area contributed by atoms with E-state index in [0.717, 1.165) is 12.1 Å². The summed E-state index contributed by atoms with van der Waals surface area (Å²) >= 11 is 0. The maximum atomic E-state index is 12.8. The summed E-state index contributed by atoms with van der Waals surface area (Å²) in [6.45, 7) is 1.74. The lowest BCUT2D eigenvalue weighted by Gasteiger charge is -2.16. The monoisotopic (exact) mass is 262 g/mol. The Morgan fingerprint density at radius 2 is 2.06 bits per heavy atom. The number of carbonyl (C=O) groups is 1. The summed E-state index contributed by atoms with van der Waals surface area (Å²) < 4.78 is 38.3. The van der Waals surface area contributed by atoms with Crippen LogP contribution >= 0.6 is 0 Å². The molecule has 1 amide bonds. The van der Waals surface area contributed by atoms with Crippen LogP contribution in [0.25, 0.3) is 0 Å². The van der Waals surface area contributed by atoms with Gasteiger partial charge in [-0.05, 0) is 24.1 Å². The molecule has 1 aromatic carbocycles. The number of alkyl halides is 3. The number of amides is 1. The zero-order valence-corrected chi connectivity index (χ0v) is 9.64. The third-order valence-corrected chi connectivity index (χ3v) is 2.34. The number of aryl methyl sites for hydroxylation is 1. The minimum Gasteiger partial charge on any atom is -0.465 e. The Hall–Kier alpha value is -1.92. The highest BCUT2D eigenvalue weighted by molar-refractivity contribution is 5.88. The largest absolute Gasteiger partial charge is 0.465 e. The molecule has 0 aliphatic rings. The molecule has 4 nitrogen and oxygen atoms in total. The van der Waals surface area contributed by atoms with E-state index in [1.54, 1.807) is 6.92 Å². The second-order valence-corrected chi connectivity index (χ2v) is 3.77. The van der Waals surface area contributed by atoms with Gasteiger partial charge in [0.15, 0.2) is 0 Å². The maximum Gasteiger partial charge on any atom is 0.416 e. The van der Waals surface area contributed by atoms with Gasteiger partial charge in [-0.15, -0.1) is 0 Å². The highest BCUT2D eigenvalue weighted by Gasteiger charge is 2.33. The third kappa shape index (κ3) is 3.28. The van der Waals surface area contributed by atoms with E-state index >= 15 is 0 Å². The molecule has 0 unspecified atom stereocenters. The van der Waals surface area contributed by atoms with Gasteiger partial charge in [-0.3, -0.25) is 5.32 Å². The average molecular weight is 262 g/mol. The summed E-state index contributed by atoms with van der Waals surface area (Å²) in [4.78, 5) is 10.5. The van der Waals surface area contributed by atoms with E-state index in [9.17, 15) is 18.0 Å². The van der Waals surface area contributed by atoms with Crippen molar-refractivity contribution in [3.05, 3.63) is 23.3 Å². The second kappa shape index (κ2) is 5.16. The summed E-state index contributed by atoms with van der Waals surface area (Å²) in [5.41, 5.74) is 4.34. The number of rotatable bonds is 3. The SMILES string of the molecule is CCCc1cc(NC(=O)O)c(N)cc1C(F)(F)F. The van der Waals surface area contributed by atoms with Crippen molar-refractivity contribution in [3.8, 4) is 0 Å². The van der Waals surface area contributed by atoms with E-state index in [2.05, 4.69) is 0 Å². The van der Waals surface area contributed by atoms with Gasteiger partial charge in [0.25, 0.3) is 0 Å². The number of benzene rings is 1. The summed E-state index contributed by atoms with van der Waals surface area (Å²) in [5.74, 6) is 0. The Morgan fingerprint density at radius 1 is 1.44 bits per heavy atom. The molecule has 1 aromatic rings. The van der Waals surface area contributed by atoms with Crippen LogP contribution in [0.1, 0.15) is 24.5 Å². The molecule has 0 atom stereocenters. The summed E-state index contributed by atoms with van der Waals surface area (Å²) in [6, 6.07) is 1.89. The van der Waals surface area contributed by atoms with Crippen LogP contribution in [0.5, 0.6) is 0 Å². The Morgan fingerprint density at radius 3 is 2.50 bits per heavy atom. The van der Waals surface area contributed by atoms with Crippen molar-refractivity contribution in [2.24, 2.45) is 0 Å². The predicted octanol–water partition coefficient (Wildman–Crippen LogP) is 3.33. The van der Waals surface area contributed by atoms with Crippen LogP contribution < -0.4 is 11.1 Å². The van der Waals surface area contributed by atoms with Gasteiger partial charge in [-0.1, -0.05) is 13.3 Å². The molecule has 0 aromatic heterocycles. The normalized spacial score (nSPS) is 11.3. The van der Waals surface area contributed by atoms with Crippen molar-refractivity contribution in [1.29, 1.82) is 0 Å². The van der Waals surface area contributed by atoms with Crippen molar-refractivity contribution in [2.45, 2.75) is 25.9 Å². The Bertz CT molecular complexity index is 458. The van der Waals surface area contributed by atoms with Crippen LogP contribution in [0.2, 0.25) is 0 Å². The first-order valence-electron chi connectivity index (χ1n) is 5.25. The number of halogens is 3. The highest BCUT2D eigenvalue weighted by Crippen LogP contribution is 2.36. The van der Waals surface area contributed by atoms with Crippen molar-refractivity contribution in [1.82, 2.24) is 0 Å². The molecule has 18 heavy (non-hydrogen) atoms. The summed E-state index contributed by atoms with van der Waals surface area (Å²) in [5, 5.41) is 10.5. The zero-order valence-electron chi connectivity index (χ0n) is 9.64. The Labute approximate surface area is 102 Å². The minimum atomic E-state index is -4.50. The van der Waals surface area contributed by atoms with Gasteiger partial charge in [0, 0.05) is 0 Å². The molecule has 0 radical (unpaired) electrons. The van der Waals surface area contributed by atoms with Gasteiger partial charge in [0.05, 0.1) is 16.9 Å². The lowest BCUT2D eigenvalue weighted by atomic mass is 10.0. The number of nitrogen functional groups attached to an aromatic ring is 1. The van der Waals surface area contributed by atoms with E-state index in [1.165, 1.54) is 0 Å². The molecule has 100 valence electrons. The second-order valence-electron chi connectivity index (χ2n) is 3.77. The minimum absolute atomic E-state index is 0.0288. The molecule has 0 heterocycles. The van der Waals surface area contributed by atoms with Crippen LogP contribution in [-0.4, -0.2) is 11.2 Å². The van der Waals surface area contributed by atoms with Crippen LogP contribution in [0, 0.1) is 0 Å². The molecule has 1 rings (SSSR count). The quantitative estimate of drug-likeness (QED) is 0.731. The van der Waals surface area contributed by atoms with Gasteiger partial charge >= 0.3 is 12.3 Å². The zero-order chi connectivity index (χ0) is 13.9. The van der Waals surface area contributed by atoms with E-state index in [1.807, 2.05) is 5.32 Å². The summed E-state index contributed by atoms with van der Waals surface area (Å²) in [6.07, 6.45) is -5.16. The first-order chi connectivity index (χ1) is 8.25. The molecular formula is C11H13F3N2O2. The molecule has 4 N–H and O–H groups in total. The highest BCUT2D eigenvalue weighted by atomic mass is 19.4. The number of carboxylic acid groups (broad SMARTS) is 1. The van der Waals surface area contributed by atoms with Crippen LogP contribution in [0.4, 0.5) is 29.3 Å². The predicted molar refractivity (Wildman–Crippen MR) is 61.5 cm³/mol. The summed E-state index contributed by atoms with van der Waals surface area (Å²) in [7, 11) is 0. The fourth-order valence-corrected chi connectivity index (χ4v) is 1.62. The third-order valence-electron chi connectivity index (χ3n) is 2.34. The van der Waals surface area contributed by atoms with Crippen molar-refractivity contribution >= 4 is 17.5 Å². The molecule has 0 bridgehead atoms. The fraction of sp³-hybridized carbons (Fsp3) is 0.364. The fourth-order valence-electron chi connectivity index (χ4n) is 1.62. The lowest BCUT2D eigenvalue weighted by Crippen LogP contribution is -2.14. The topological polar surface area (TPSA) is 75.3 Å². The molecule has 0 fully saturated rings. The number of anilines is 2. The van der Waals surface area contributed by atoms with E-state index in [-0.39, 0.29) is 23.4 Å². The van der Waals surface area contributed by atoms with Gasteiger partial charge in [-0.2, -0.15) is 13.2 Å². The van der Waals surface area contributed by atoms with Gasteiger partial charge < -0.3 is 10.8 Å². The number of nitrogens with one attached hydrogen (secondary N) is 1. The number of nitrogens with two attached hydrogens (primary N) is 1. The van der Waals surface area contributed by atoms with Crippen molar-refractivity contribution in [3.63, 3.8) is 0 Å². The van der Waals surface area contributed by atoms with Crippen molar-refractivity contribution < 1.29 is 23.1 Å². The standard InChI is InChI=1S/C11H13F3N2O2/c1-2-3-6-4-9(16-10(17)18)8(15)5-7(6)11(12,13)14/h4-5,16H,2-3,15H2,1H3,(H,17,18). The van der Waals surface area contributed by atoms with Crippen LogP contribution in [-0.2, 0) is 12.6 Å². The number of hydrogen-bond acceptors (Lipinski definition) is 2.